The van der Waals surface area contributed by atoms with Crippen LogP contribution in [0.5, 0.6) is 0 Å². The zero-order valence-corrected chi connectivity index (χ0v) is 12.1. The molecule has 0 aliphatic carbocycles. The Morgan fingerprint density at radius 1 is 1.53 bits per heavy atom. The molecule has 0 radical (unpaired) electrons. The summed E-state index contributed by atoms with van der Waals surface area (Å²) in [5.41, 5.74) is 0.174. The third-order valence-corrected chi connectivity index (χ3v) is 3.97. The second-order valence-electron chi connectivity index (χ2n) is 5.96. The number of halogens is 1. The van der Waals surface area contributed by atoms with Crippen molar-refractivity contribution in [3.05, 3.63) is 0 Å². The van der Waals surface area contributed by atoms with Crippen LogP contribution in [0, 0.1) is 11.3 Å². The lowest BCUT2D eigenvalue weighted by Gasteiger charge is -2.34. The van der Waals surface area contributed by atoms with Gasteiger partial charge < -0.3 is 9.64 Å². The lowest BCUT2D eigenvalue weighted by molar-refractivity contribution is -0.139. The van der Waals surface area contributed by atoms with E-state index in [-0.39, 0.29) is 17.4 Å². The number of hydrogen-bond donors (Lipinski definition) is 0. The highest BCUT2D eigenvalue weighted by Gasteiger charge is 2.28. The van der Waals surface area contributed by atoms with Crippen molar-refractivity contribution in [2.24, 2.45) is 11.3 Å². The predicted molar refractivity (Wildman–Crippen MR) is 70.3 cm³/mol. The van der Waals surface area contributed by atoms with E-state index in [2.05, 4.69) is 27.7 Å². The molecule has 17 heavy (non-hydrogen) atoms. The molecule has 4 heteroatoms. The van der Waals surface area contributed by atoms with Crippen LogP contribution in [0.4, 0.5) is 0 Å². The molecular weight excluding hydrogens is 238 g/mol. The summed E-state index contributed by atoms with van der Waals surface area (Å²) in [6.45, 7) is 10.6. The monoisotopic (exact) mass is 261 g/mol. The summed E-state index contributed by atoms with van der Waals surface area (Å²) in [4.78, 5) is 14.0. The van der Waals surface area contributed by atoms with E-state index in [1.807, 2.05) is 4.90 Å². The Morgan fingerprint density at radius 3 is 2.71 bits per heavy atom. The van der Waals surface area contributed by atoms with Crippen molar-refractivity contribution < 1.29 is 9.53 Å². The summed E-state index contributed by atoms with van der Waals surface area (Å²) in [7, 11) is 0. The molecular formula is C13H24ClNO2. The smallest absolute Gasteiger partial charge is 0.223 e. The summed E-state index contributed by atoms with van der Waals surface area (Å²) >= 11 is 5.77. The molecule has 1 heterocycles. The summed E-state index contributed by atoms with van der Waals surface area (Å²) in [6, 6.07) is 0. The molecule has 0 aromatic heterocycles. The van der Waals surface area contributed by atoms with Gasteiger partial charge in [0, 0.05) is 19.5 Å². The molecule has 1 aliphatic rings. The highest BCUT2D eigenvalue weighted by Crippen LogP contribution is 2.28. The van der Waals surface area contributed by atoms with Crippen LogP contribution in [0.25, 0.3) is 0 Å². The molecule has 2 atom stereocenters. The lowest BCUT2D eigenvalue weighted by atomic mass is 9.80. The second-order valence-corrected chi connectivity index (χ2v) is 6.27. The minimum Gasteiger partial charge on any atom is -0.373 e. The molecule has 3 nitrogen and oxygen atoms in total. The van der Waals surface area contributed by atoms with Gasteiger partial charge in [0.1, 0.15) is 0 Å². The van der Waals surface area contributed by atoms with E-state index in [1.54, 1.807) is 0 Å². The number of carbonyl (C=O) groups excluding carboxylic acids is 1. The van der Waals surface area contributed by atoms with E-state index in [4.69, 9.17) is 16.3 Å². The Kier molecular flexibility index (Phi) is 5.26. The Hall–Kier alpha value is -0.280. The van der Waals surface area contributed by atoms with E-state index in [0.29, 0.717) is 37.9 Å². The van der Waals surface area contributed by atoms with Crippen molar-refractivity contribution in [3.63, 3.8) is 0 Å². The molecule has 1 amide bonds. The molecule has 0 aromatic rings. The van der Waals surface area contributed by atoms with Crippen molar-refractivity contribution in [2.45, 2.75) is 40.2 Å². The summed E-state index contributed by atoms with van der Waals surface area (Å²) < 4.78 is 5.45. The van der Waals surface area contributed by atoms with Crippen molar-refractivity contribution >= 4 is 17.5 Å². The van der Waals surface area contributed by atoms with Gasteiger partial charge in [0.2, 0.25) is 5.91 Å². The lowest BCUT2D eigenvalue weighted by Crippen LogP contribution is -2.47. The first-order valence-corrected chi connectivity index (χ1v) is 6.83. The van der Waals surface area contributed by atoms with Gasteiger partial charge in [0.05, 0.1) is 18.6 Å². The van der Waals surface area contributed by atoms with E-state index in [9.17, 15) is 4.79 Å². The van der Waals surface area contributed by atoms with Crippen LogP contribution in [0.15, 0.2) is 0 Å². The first-order valence-electron chi connectivity index (χ1n) is 6.30. The van der Waals surface area contributed by atoms with Crippen molar-refractivity contribution in [2.75, 3.05) is 25.6 Å². The largest absolute Gasteiger partial charge is 0.373 e. The number of morpholine rings is 1. The first kappa shape index (κ1) is 14.8. The molecule has 0 spiro atoms. The Labute approximate surface area is 109 Å². The summed E-state index contributed by atoms with van der Waals surface area (Å²) in [5.74, 6) is 1.07. The van der Waals surface area contributed by atoms with E-state index in [1.165, 1.54) is 0 Å². The number of nitrogens with zero attached hydrogens (tertiary/aromatic N) is 1. The van der Waals surface area contributed by atoms with E-state index < -0.39 is 0 Å². The van der Waals surface area contributed by atoms with Gasteiger partial charge in [-0.25, -0.2) is 0 Å². The normalized spacial score (nSPS) is 23.6. The van der Waals surface area contributed by atoms with Crippen LogP contribution >= 0.6 is 11.6 Å². The van der Waals surface area contributed by atoms with Crippen molar-refractivity contribution in [1.82, 2.24) is 4.90 Å². The Balaban J connectivity index is 2.47. The van der Waals surface area contributed by atoms with Crippen molar-refractivity contribution in [3.8, 4) is 0 Å². The number of alkyl halides is 1. The van der Waals surface area contributed by atoms with Gasteiger partial charge >= 0.3 is 0 Å². The van der Waals surface area contributed by atoms with Crippen LogP contribution in [0.3, 0.4) is 0 Å². The van der Waals surface area contributed by atoms with Gasteiger partial charge in [-0.2, -0.15) is 0 Å². The van der Waals surface area contributed by atoms with Gasteiger partial charge in [-0.15, -0.1) is 11.6 Å². The number of ether oxygens (including phenoxy) is 1. The number of carbonyl (C=O) groups is 1. The van der Waals surface area contributed by atoms with Crippen LogP contribution in [0.2, 0.25) is 0 Å². The minimum absolute atomic E-state index is 0.000639. The van der Waals surface area contributed by atoms with E-state index in [0.717, 1.165) is 0 Å². The highest BCUT2D eigenvalue weighted by atomic mass is 35.5. The van der Waals surface area contributed by atoms with Crippen LogP contribution in [0.1, 0.15) is 34.1 Å². The van der Waals surface area contributed by atoms with Gasteiger partial charge in [0.25, 0.3) is 0 Å². The molecule has 1 saturated heterocycles. The minimum atomic E-state index is -0.000639. The van der Waals surface area contributed by atoms with Crippen molar-refractivity contribution in [1.29, 1.82) is 0 Å². The third kappa shape index (κ3) is 4.47. The highest BCUT2D eigenvalue weighted by molar-refractivity contribution is 6.18. The molecule has 100 valence electrons. The fraction of sp³-hybridized carbons (Fsp3) is 0.923. The van der Waals surface area contributed by atoms with Gasteiger partial charge in [-0.1, -0.05) is 27.7 Å². The maximum atomic E-state index is 12.1. The van der Waals surface area contributed by atoms with Crippen LogP contribution < -0.4 is 0 Å². The zero-order chi connectivity index (χ0) is 13.1. The molecule has 1 aliphatic heterocycles. The number of amides is 1. The standard InChI is InChI=1S/C13H24ClNO2/c1-10(13(2,3)4)7-12(16)15-5-6-17-11(8-14)9-15/h10-11H,5-9H2,1-4H3. The molecule has 0 aromatic carbocycles. The molecule has 1 fully saturated rings. The number of hydrogen-bond acceptors (Lipinski definition) is 2. The average molecular weight is 262 g/mol. The molecule has 0 bridgehead atoms. The maximum absolute atomic E-state index is 12.1. The second kappa shape index (κ2) is 6.05. The van der Waals surface area contributed by atoms with E-state index >= 15 is 0 Å². The zero-order valence-electron chi connectivity index (χ0n) is 11.3. The third-order valence-electron chi connectivity index (χ3n) is 3.62. The fourth-order valence-electron chi connectivity index (χ4n) is 1.74. The van der Waals surface area contributed by atoms with Gasteiger partial charge in [-0.3, -0.25) is 4.79 Å². The van der Waals surface area contributed by atoms with Crippen LogP contribution in [-0.4, -0.2) is 42.5 Å². The summed E-state index contributed by atoms with van der Waals surface area (Å²) in [5, 5.41) is 0. The molecule has 0 saturated carbocycles. The fourth-order valence-corrected chi connectivity index (χ4v) is 1.92. The predicted octanol–water partition coefficient (Wildman–Crippen LogP) is 2.52. The maximum Gasteiger partial charge on any atom is 0.223 e. The quantitative estimate of drug-likeness (QED) is 0.731. The molecule has 2 unspecified atom stereocenters. The molecule has 1 rings (SSSR count). The summed E-state index contributed by atoms with van der Waals surface area (Å²) in [6.07, 6.45) is 0.609. The topological polar surface area (TPSA) is 29.5 Å². The SMILES string of the molecule is CC(CC(=O)N1CCOC(CCl)C1)C(C)(C)C. The first-order chi connectivity index (χ1) is 7.84. The Bertz CT molecular complexity index is 263. The van der Waals surface area contributed by atoms with Crippen LogP contribution in [-0.2, 0) is 9.53 Å². The Morgan fingerprint density at radius 2 is 2.18 bits per heavy atom. The van der Waals surface area contributed by atoms with Gasteiger partial charge in [-0.05, 0) is 11.3 Å². The molecule has 0 N–H and O–H groups in total. The number of rotatable bonds is 3. The van der Waals surface area contributed by atoms with Gasteiger partial charge in [0.15, 0.2) is 0 Å². The average Bonchev–Trinajstić information content (AvgIpc) is 2.27.